The Morgan fingerprint density at radius 1 is 1.10 bits per heavy atom. The summed E-state index contributed by atoms with van der Waals surface area (Å²) in [5, 5.41) is 6.78. The molecule has 2 aliphatic heterocycles. The van der Waals surface area contributed by atoms with E-state index in [1.165, 1.54) is 25.4 Å². The minimum Gasteiger partial charge on any atom is -0.464 e. The average Bonchev–Trinajstić information content (AvgIpc) is 4.06. The lowest BCUT2D eigenvalue weighted by atomic mass is 10.0. The van der Waals surface area contributed by atoms with Gasteiger partial charge in [0.25, 0.3) is 0 Å². The molecule has 12 nitrogen and oxygen atoms in total. The molecule has 3 atom stereocenters. The SMILES string of the molecule is C=CCCN(Cc1ncc(-c2cc(F)c3c(c2)OC(c2ccc(C(F)(F)F)s2)n2c-3cc3cc(-c4cnc([C@@H]5CCCN5)[nH]4)ccc32)[nH]1)C(=O)[C@@H](NC(=O)OC)C(C)C. The van der Waals surface area contributed by atoms with Crippen LogP contribution in [0.15, 0.2) is 73.6 Å². The van der Waals surface area contributed by atoms with Crippen molar-refractivity contribution in [2.24, 2.45) is 5.92 Å². The topological polar surface area (TPSA) is 142 Å². The molecule has 6 heterocycles. The van der Waals surface area contributed by atoms with E-state index in [9.17, 15) is 22.8 Å². The van der Waals surface area contributed by atoms with Crippen LogP contribution in [0.5, 0.6) is 5.75 Å². The first-order chi connectivity index (χ1) is 28.3. The number of nitrogens with zero attached hydrogens (tertiary/aromatic N) is 4. The van der Waals surface area contributed by atoms with E-state index in [0.29, 0.717) is 52.6 Å². The number of methoxy groups -OCH3 is 1. The summed E-state index contributed by atoms with van der Waals surface area (Å²) in [5.41, 5.74) is 3.70. The van der Waals surface area contributed by atoms with Crippen molar-refractivity contribution in [1.82, 2.24) is 40.0 Å². The molecule has 2 aromatic carbocycles. The first-order valence-electron chi connectivity index (χ1n) is 19.2. The molecule has 4 N–H and O–H groups in total. The van der Waals surface area contributed by atoms with Gasteiger partial charge in [-0.15, -0.1) is 17.9 Å². The molecule has 2 aliphatic rings. The molecule has 0 aliphatic carbocycles. The average molecular weight is 831 g/mol. The van der Waals surface area contributed by atoms with Crippen LogP contribution in [0, 0.1) is 11.7 Å². The maximum atomic E-state index is 16.6. The minimum absolute atomic E-state index is 0.0457. The molecule has 4 aromatic heterocycles. The number of imidazole rings is 2. The Labute approximate surface area is 340 Å². The van der Waals surface area contributed by atoms with Gasteiger partial charge < -0.3 is 35.0 Å². The van der Waals surface area contributed by atoms with Gasteiger partial charge in [-0.2, -0.15) is 13.2 Å². The lowest BCUT2D eigenvalue weighted by Gasteiger charge is -2.30. The second-order valence-electron chi connectivity index (χ2n) is 14.9. The van der Waals surface area contributed by atoms with Gasteiger partial charge in [0, 0.05) is 23.1 Å². The highest BCUT2D eigenvalue weighted by Crippen LogP contribution is 2.49. The number of alkyl carbamates (subject to hydrolysis) is 1. The number of hydrogen-bond donors (Lipinski definition) is 4. The molecular formula is C42H42F4N8O4S. The van der Waals surface area contributed by atoms with Crippen LogP contribution in [-0.4, -0.2) is 67.6 Å². The molecule has 17 heteroatoms. The van der Waals surface area contributed by atoms with Gasteiger partial charge in [-0.1, -0.05) is 26.0 Å². The van der Waals surface area contributed by atoms with Gasteiger partial charge in [-0.25, -0.2) is 19.2 Å². The Kier molecular flexibility index (Phi) is 10.8. The largest absolute Gasteiger partial charge is 0.464 e. The molecule has 8 rings (SSSR count). The summed E-state index contributed by atoms with van der Waals surface area (Å²) in [6.45, 7) is 8.65. The fourth-order valence-corrected chi connectivity index (χ4v) is 8.58. The highest BCUT2D eigenvalue weighted by molar-refractivity contribution is 7.12. The standard InChI is InChI=1S/C42H42F4N8O4S/c1-5-6-14-53(39(55)37(22(2)3)52-41(56)57-4)21-35-48-19-29(50-35)24-16-26(43)36-31-17-25-15-23(28-20-49-38(51-28)27-8-7-13-47-27)9-10-30(25)54(31)40(58-32(36)18-24)33-11-12-34(59-33)42(44,45)46/h5,9-12,15-20,22,27,37,40,47H,1,6-8,13-14,21H2,2-4H3,(H,48,50)(H,49,51)(H,52,56)/t27-,37-,40?/m0/s1. The summed E-state index contributed by atoms with van der Waals surface area (Å²) in [5.74, 6) is 0.177. The van der Waals surface area contributed by atoms with Crippen molar-refractivity contribution in [1.29, 1.82) is 0 Å². The monoisotopic (exact) mass is 830 g/mol. The number of thiophene rings is 1. The molecule has 1 fully saturated rings. The third-order valence-electron chi connectivity index (χ3n) is 10.7. The van der Waals surface area contributed by atoms with Gasteiger partial charge in [0.05, 0.1) is 65.1 Å². The molecule has 2 amide bonds. The highest BCUT2D eigenvalue weighted by Gasteiger charge is 2.37. The summed E-state index contributed by atoms with van der Waals surface area (Å²) < 4.78 is 71.1. The zero-order valence-electron chi connectivity index (χ0n) is 32.5. The van der Waals surface area contributed by atoms with E-state index in [1.807, 2.05) is 38.1 Å². The number of carbonyl (C=O) groups is 2. The number of H-pyrrole nitrogens is 2. The lowest BCUT2D eigenvalue weighted by molar-refractivity contribution is -0.135. The molecule has 1 saturated heterocycles. The normalized spacial score (nSPS) is 16.7. The van der Waals surface area contributed by atoms with E-state index in [4.69, 9.17) is 9.47 Å². The van der Waals surface area contributed by atoms with Crippen LogP contribution in [-0.2, 0) is 22.3 Å². The Balaban J connectivity index is 1.15. The van der Waals surface area contributed by atoms with Gasteiger partial charge in [0.2, 0.25) is 12.1 Å². The van der Waals surface area contributed by atoms with Gasteiger partial charge in [0.1, 0.15) is 34.1 Å². The molecule has 6 aromatic rings. The van der Waals surface area contributed by atoms with Crippen molar-refractivity contribution in [2.45, 2.75) is 64.1 Å². The summed E-state index contributed by atoms with van der Waals surface area (Å²) >= 11 is 0.572. The second kappa shape index (κ2) is 16.0. The number of nitrogens with one attached hydrogen (secondary N) is 4. The van der Waals surface area contributed by atoms with E-state index in [-0.39, 0.29) is 40.6 Å². The molecule has 0 saturated carbocycles. The van der Waals surface area contributed by atoms with Crippen molar-refractivity contribution in [3.05, 3.63) is 101 Å². The van der Waals surface area contributed by atoms with Crippen LogP contribution in [0.4, 0.5) is 22.4 Å². The van der Waals surface area contributed by atoms with Gasteiger partial charge >= 0.3 is 12.3 Å². The molecule has 0 bridgehead atoms. The number of hydrogen-bond acceptors (Lipinski definition) is 8. The number of rotatable bonds is 12. The van der Waals surface area contributed by atoms with Crippen molar-refractivity contribution < 1.29 is 36.6 Å². The van der Waals surface area contributed by atoms with E-state index in [2.05, 4.69) is 37.1 Å². The van der Waals surface area contributed by atoms with Crippen molar-refractivity contribution in [3.63, 3.8) is 0 Å². The summed E-state index contributed by atoms with van der Waals surface area (Å²) in [7, 11) is 1.22. The summed E-state index contributed by atoms with van der Waals surface area (Å²) in [6, 6.07) is 12.2. The number of aromatic nitrogens is 5. The third-order valence-corrected chi connectivity index (χ3v) is 11.8. The third kappa shape index (κ3) is 7.83. The van der Waals surface area contributed by atoms with E-state index >= 15 is 4.39 Å². The molecule has 0 radical (unpaired) electrons. The van der Waals surface area contributed by atoms with Crippen molar-refractivity contribution in [2.75, 3.05) is 20.2 Å². The van der Waals surface area contributed by atoms with Gasteiger partial charge in [-0.3, -0.25) is 9.36 Å². The minimum atomic E-state index is -4.56. The number of aromatic amines is 2. The summed E-state index contributed by atoms with van der Waals surface area (Å²) in [4.78, 5) is 42.5. The number of carbonyl (C=O) groups excluding carboxylic acids is 2. The van der Waals surface area contributed by atoms with Gasteiger partial charge in [0.15, 0.2) is 0 Å². The predicted molar refractivity (Wildman–Crippen MR) is 215 cm³/mol. The van der Waals surface area contributed by atoms with E-state index in [1.54, 1.807) is 27.8 Å². The van der Waals surface area contributed by atoms with Crippen LogP contribution < -0.4 is 15.4 Å². The number of amides is 2. The fraction of sp³-hybridized carbons (Fsp3) is 0.333. The van der Waals surface area contributed by atoms with Crippen LogP contribution in [0.3, 0.4) is 0 Å². The predicted octanol–water partition coefficient (Wildman–Crippen LogP) is 8.96. The van der Waals surface area contributed by atoms with Crippen molar-refractivity contribution >= 4 is 34.2 Å². The fourth-order valence-electron chi connectivity index (χ4n) is 7.68. The Bertz CT molecular complexity index is 2530. The first-order valence-corrected chi connectivity index (χ1v) is 20.0. The maximum Gasteiger partial charge on any atom is 0.425 e. The quantitative estimate of drug-likeness (QED) is 0.0713. The van der Waals surface area contributed by atoms with Crippen molar-refractivity contribution in [3.8, 4) is 39.5 Å². The van der Waals surface area contributed by atoms with Crippen LogP contribution >= 0.6 is 11.3 Å². The number of ether oxygens (including phenoxy) is 2. The molecular weight excluding hydrogens is 789 g/mol. The number of fused-ring (bicyclic) bond motifs is 5. The van der Waals surface area contributed by atoms with Crippen LogP contribution in [0.1, 0.15) is 66.8 Å². The maximum absolute atomic E-state index is 16.6. The molecule has 1 unspecified atom stereocenters. The zero-order chi connectivity index (χ0) is 41.6. The highest BCUT2D eigenvalue weighted by atomic mass is 32.1. The Hall–Kier alpha value is -5.94. The summed E-state index contributed by atoms with van der Waals surface area (Å²) in [6.07, 6.45) is 1.17. The Morgan fingerprint density at radius 3 is 2.61 bits per heavy atom. The van der Waals surface area contributed by atoms with Gasteiger partial charge in [-0.05, 0) is 74.2 Å². The number of alkyl halides is 3. The van der Waals surface area contributed by atoms with E-state index < -0.39 is 35.2 Å². The second-order valence-corrected chi connectivity index (χ2v) is 16.1. The number of benzene rings is 2. The molecule has 59 heavy (non-hydrogen) atoms. The smallest absolute Gasteiger partial charge is 0.425 e. The zero-order valence-corrected chi connectivity index (χ0v) is 33.3. The van der Waals surface area contributed by atoms with E-state index in [0.717, 1.165) is 47.9 Å². The number of halogens is 4. The molecule has 0 spiro atoms. The Morgan fingerprint density at radius 2 is 1.90 bits per heavy atom. The van der Waals surface area contributed by atoms with Crippen LogP contribution in [0.2, 0.25) is 0 Å². The first kappa shape index (κ1) is 39.9. The van der Waals surface area contributed by atoms with Crippen LogP contribution in [0.25, 0.3) is 44.7 Å². The molecule has 308 valence electrons. The lowest BCUT2D eigenvalue weighted by Crippen LogP contribution is -2.51.